The summed E-state index contributed by atoms with van der Waals surface area (Å²) in [7, 11) is 1.87. The molecule has 0 N–H and O–H groups in total. The first-order valence-corrected chi connectivity index (χ1v) is 3.60. The molecule has 0 amide bonds. The molecule has 0 saturated heterocycles. The van der Waals surface area contributed by atoms with Gasteiger partial charge >= 0.3 is 0 Å². The van der Waals surface area contributed by atoms with E-state index in [0.29, 0.717) is 5.69 Å². The van der Waals surface area contributed by atoms with Gasteiger partial charge in [-0.15, -0.1) is 0 Å². The molecule has 1 heterocycles. The molecule has 0 atom stereocenters. The minimum atomic E-state index is 0.658. The third kappa shape index (κ3) is 0.857. The average Bonchev–Trinajstić information content (AvgIpc) is 2.47. The molecular formula is C9H7N3. The van der Waals surface area contributed by atoms with Crippen LogP contribution in [0.5, 0.6) is 0 Å². The smallest absolute Gasteiger partial charge is 0.189 e. The van der Waals surface area contributed by atoms with Crippen LogP contribution in [0, 0.1) is 6.57 Å². The van der Waals surface area contributed by atoms with Crippen molar-refractivity contribution in [1.82, 2.24) is 9.78 Å². The first-order valence-electron chi connectivity index (χ1n) is 3.60. The highest BCUT2D eigenvalue weighted by Gasteiger charge is 1.99. The lowest BCUT2D eigenvalue weighted by atomic mass is 10.2. The van der Waals surface area contributed by atoms with Crippen LogP contribution in [-0.2, 0) is 7.05 Å². The van der Waals surface area contributed by atoms with Crippen LogP contribution >= 0.6 is 0 Å². The Morgan fingerprint density at radius 2 is 2.33 bits per heavy atom. The third-order valence-electron chi connectivity index (χ3n) is 1.86. The van der Waals surface area contributed by atoms with Gasteiger partial charge < -0.3 is 0 Å². The van der Waals surface area contributed by atoms with Gasteiger partial charge in [-0.25, -0.2) is 4.85 Å². The largest absolute Gasteiger partial charge is 0.269 e. The van der Waals surface area contributed by atoms with Gasteiger partial charge in [-0.3, -0.25) is 4.68 Å². The van der Waals surface area contributed by atoms with E-state index in [9.17, 15) is 0 Å². The molecule has 0 aliphatic heterocycles. The Labute approximate surface area is 70.1 Å². The van der Waals surface area contributed by atoms with Crippen LogP contribution in [0.15, 0.2) is 24.4 Å². The van der Waals surface area contributed by atoms with Crippen LogP contribution in [0.3, 0.4) is 0 Å². The maximum atomic E-state index is 6.84. The van der Waals surface area contributed by atoms with E-state index in [2.05, 4.69) is 9.94 Å². The zero-order valence-electron chi connectivity index (χ0n) is 6.65. The molecule has 0 aliphatic carbocycles. The first-order chi connectivity index (χ1) is 5.81. The van der Waals surface area contributed by atoms with E-state index in [-0.39, 0.29) is 0 Å². The van der Waals surface area contributed by atoms with Gasteiger partial charge in [0, 0.05) is 12.4 Å². The molecule has 1 aromatic carbocycles. The molecule has 3 heteroatoms. The van der Waals surface area contributed by atoms with Crippen LogP contribution in [0.25, 0.3) is 15.7 Å². The van der Waals surface area contributed by atoms with Crippen LogP contribution in [0.2, 0.25) is 0 Å². The molecule has 2 rings (SSSR count). The summed E-state index contributed by atoms with van der Waals surface area (Å²) in [4.78, 5) is 3.35. The second-order valence-electron chi connectivity index (χ2n) is 2.62. The SMILES string of the molecule is [C-]#[N+]c1ccc2cnn(C)c2c1. The Morgan fingerprint density at radius 3 is 3.08 bits per heavy atom. The van der Waals surface area contributed by atoms with Crippen LogP contribution in [-0.4, -0.2) is 9.78 Å². The molecule has 0 radical (unpaired) electrons. The number of hydrogen-bond donors (Lipinski definition) is 0. The molecule has 58 valence electrons. The standard InChI is InChI=1S/C9H7N3/c1-10-8-4-3-7-6-11-12(2)9(7)5-8/h3-6H,2H3. The van der Waals surface area contributed by atoms with E-state index in [1.54, 1.807) is 16.9 Å². The number of aryl methyl sites for hydroxylation is 1. The van der Waals surface area contributed by atoms with Crippen molar-refractivity contribution in [2.45, 2.75) is 0 Å². The maximum Gasteiger partial charge on any atom is 0.189 e. The monoisotopic (exact) mass is 157 g/mol. The Morgan fingerprint density at radius 1 is 1.50 bits per heavy atom. The van der Waals surface area contributed by atoms with Crippen molar-refractivity contribution in [1.29, 1.82) is 0 Å². The van der Waals surface area contributed by atoms with Gasteiger partial charge in [-0.05, 0) is 6.07 Å². The van der Waals surface area contributed by atoms with Gasteiger partial charge in [0.1, 0.15) is 0 Å². The van der Waals surface area contributed by atoms with Crippen molar-refractivity contribution >= 4 is 16.6 Å². The van der Waals surface area contributed by atoms with Crippen molar-refractivity contribution in [2.24, 2.45) is 7.05 Å². The van der Waals surface area contributed by atoms with Gasteiger partial charge in [-0.1, -0.05) is 12.1 Å². The summed E-state index contributed by atoms with van der Waals surface area (Å²) < 4.78 is 1.77. The van der Waals surface area contributed by atoms with E-state index >= 15 is 0 Å². The number of benzene rings is 1. The first kappa shape index (κ1) is 6.86. The van der Waals surface area contributed by atoms with Crippen molar-refractivity contribution in [3.63, 3.8) is 0 Å². The van der Waals surface area contributed by atoms with Gasteiger partial charge in [0.2, 0.25) is 0 Å². The second kappa shape index (κ2) is 2.35. The molecule has 12 heavy (non-hydrogen) atoms. The summed E-state index contributed by atoms with van der Waals surface area (Å²) in [5.41, 5.74) is 1.66. The number of fused-ring (bicyclic) bond motifs is 1. The Bertz CT molecular complexity index is 462. The Balaban J connectivity index is 2.82. The quantitative estimate of drug-likeness (QED) is 0.537. The highest BCUT2D eigenvalue weighted by atomic mass is 15.2. The Kier molecular flexibility index (Phi) is 1.34. The van der Waals surface area contributed by atoms with Gasteiger partial charge in [0.05, 0.1) is 18.3 Å². The van der Waals surface area contributed by atoms with Crippen molar-refractivity contribution in [2.75, 3.05) is 0 Å². The van der Waals surface area contributed by atoms with Gasteiger partial charge in [0.15, 0.2) is 5.69 Å². The third-order valence-corrected chi connectivity index (χ3v) is 1.86. The van der Waals surface area contributed by atoms with E-state index in [0.717, 1.165) is 10.9 Å². The van der Waals surface area contributed by atoms with Crippen molar-refractivity contribution < 1.29 is 0 Å². The predicted octanol–water partition coefficient (Wildman–Crippen LogP) is 2.12. The molecule has 2 aromatic rings. The highest BCUT2D eigenvalue weighted by Crippen LogP contribution is 2.19. The fourth-order valence-corrected chi connectivity index (χ4v) is 1.20. The molecule has 0 spiro atoms. The van der Waals surface area contributed by atoms with Gasteiger partial charge in [-0.2, -0.15) is 5.10 Å². The molecule has 0 fully saturated rings. The zero-order chi connectivity index (χ0) is 8.55. The second-order valence-corrected chi connectivity index (χ2v) is 2.62. The minimum Gasteiger partial charge on any atom is -0.269 e. The lowest BCUT2D eigenvalue weighted by molar-refractivity contribution is 0.797. The lowest BCUT2D eigenvalue weighted by Gasteiger charge is -1.93. The van der Waals surface area contributed by atoms with Crippen LogP contribution in [0.4, 0.5) is 5.69 Å². The molecule has 0 aliphatic rings. The topological polar surface area (TPSA) is 22.2 Å². The minimum absolute atomic E-state index is 0.658. The molecular weight excluding hydrogens is 150 g/mol. The van der Waals surface area contributed by atoms with E-state index in [1.807, 2.05) is 19.2 Å². The summed E-state index contributed by atoms with van der Waals surface area (Å²) >= 11 is 0. The summed E-state index contributed by atoms with van der Waals surface area (Å²) in [5.74, 6) is 0. The van der Waals surface area contributed by atoms with E-state index in [1.165, 1.54) is 0 Å². The fourth-order valence-electron chi connectivity index (χ4n) is 1.20. The fraction of sp³-hybridized carbons (Fsp3) is 0.111. The van der Waals surface area contributed by atoms with Gasteiger partial charge in [0.25, 0.3) is 0 Å². The number of rotatable bonds is 0. The lowest BCUT2D eigenvalue weighted by Crippen LogP contribution is -1.87. The molecule has 1 aromatic heterocycles. The zero-order valence-corrected chi connectivity index (χ0v) is 6.65. The maximum absolute atomic E-state index is 6.84. The predicted molar refractivity (Wildman–Crippen MR) is 47.0 cm³/mol. The van der Waals surface area contributed by atoms with Crippen LogP contribution < -0.4 is 0 Å². The average molecular weight is 157 g/mol. The van der Waals surface area contributed by atoms with Crippen molar-refractivity contribution in [3.8, 4) is 0 Å². The molecule has 0 saturated carbocycles. The normalized spacial score (nSPS) is 10.0. The summed E-state index contributed by atoms with van der Waals surface area (Å²) in [6.07, 6.45) is 1.79. The molecule has 0 bridgehead atoms. The highest BCUT2D eigenvalue weighted by molar-refractivity contribution is 5.82. The number of hydrogen-bond acceptors (Lipinski definition) is 1. The summed E-state index contributed by atoms with van der Waals surface area (Å²) in [6, 6.07) is 5.56. The van der Waals surface area contributed by atoms with E-state index < -0.39 is 0 Å². The summed E-state index contributed by atoms with van der Waals surface area (Å²) in [6.45, 7) is 6.84. The molecule has 3 nitrogen and oxygen atoms in total. The van der Waals surface area contributed by atoms with E-state index in [4.69, 9.17) is 6.57 Å². The Hall–Kier alpha value is -1.82. The number of aromatic nitrogens is 2. The molecule has 0 unspecified atom stereocenters. The summed E-state index contributed by atoms with van der Waals surface area (Å²) in [5, 5.41) is 5.16. The van der Waals surface area contributed by atoms with Crippen LogP contribution in [0.1, 0.15) is 0 Å². The number of nitrogens with zero attached hydrogens (tertiary/aromatic N) is 3. The van der Waals surface area contributed by atoms with Crippen molar-refractivity contribution in [3.05, 3.63) is 35.8 Å².